The molecule has 1 aromatic rings. The normalized spacial score (nSPS) is 18.9. The maximum absolute atomic E-state index is 5.65. The highest BCUT2D eigenvalue weighted by Crippen LogP contribution is 2.47. The van der Waals surface area contributed by atoms with Crippen LogP contribution in [0.5, 0.6) is 5.75 Å². The van der Waals surface area contributed by atoms with Crippen molar-refractivity contribution in [3.63, 3.8) is 0 Å². The van der Waals surface area contributed by atoms with Crippen molar-refractivity contribution in [2.45, 2.75) is 53.1 Å². The molecule has 0 saturated heterocycles. The van der Waals surface area contributed by atoms with Crippen LogP contribution in [-0.2, 0) is 5.41 Å². The topological polar surface area (TPSA) is 9.23 Å². The first-order valence-electron chi connectivity index (χ1n) is 8.67. The van der Waals surface area contributed by atoms with Gasteiger partial charge in [-0.2, -0.15) is 0 Å². The quantitative estimate of drug-likeness (QED) is 0.661. The molecule has 1 aromatic carbocycles. The van der Waals surface area contributed by atoms with Crippen molar-refractivity contribution in [1.82, 2.24) is 0 Å². The van der Waals surface area contributed by atoms with Gasteiger partial charge in [0, 0.05) is 11.0 Å². The first-order chi connectivity index (χ1) is 10.6. The molecule has 0 saturated carbocycles. The van der Waals surface area contributed by atoms with Crippen LogP contribution in [0.2, 0.25) is 13.1 Å². The summed E-state index contributed by atoms with van der Waals surface area (Å²) in [5, 5.41) is 1.72. The van der Waals surface area contributed by atoms with Crippen LogP contribution in [0.4, 0.5) is 0 Å². The van der Waals surface area contributed by atoms with E-state index in [1.807, 2.05) is 6.07 Å². The van der Waals surface area contributed by atoms with Gasteiger partial charge in [-0.1, -0.05) is 83.3 Å². The summed E-state index contributed by atoms with van der Waals surface area (Å²) in [4.78, 5) is 0. The lowest BCUT2D eigenvalue weighted by atomic mass is 9.76. The predicted octanol–water partition coefficient (Wildman–Crippen LogP) is 5.53. The number of hydrogen-bond donors (Lipinski definition) is 0. The second kappa shape index (κ2) is 6.31. The molecule has 0 spiro atoms. The van der Waals surface area contributed by atoms with Gasteiger partial charge in [0.2, 0.25) is 0 Å². The number of rotatable bonds is 4. The lowest BCUT2D eigenvalue weighted by Gasteiger charge is -2.35. The minimum Gasteiger partial charge on any atom is -0.496 e. The van der Waals surface area contributed by atoms with Crippen molar-refractivity contribution in [1.29, 1.82) is 0 Å². The van der Waals surface area contributed by atoms with Gasteiger partial charge in [-0.25, -0.2) is 0 Å². The average Bonchev–Trinajstić information content (AvgIpc) is 2.93. The van der Waals surface area contributed by atoms with E-state index in [4.69, 9.17) is 4.74 Å². The Morgan fingerprint density at radius 2 is 1.61 bits per heavy atom. The first-order valence-corrected chi connectivity index (χ1v) is 11.6. The lowest BCUT2D eigenvalue weighted by Crippen LogP contribution is -2.29. The third kappa shape index (κ3) is 3.33. The Labute approximate surface area is 144 Å². The Balaban J connectivity index is 2.61. The Hall–Kier alpha value is -1.28. The summed E-state index contributed by atoms with van der Waals surface area (Å²) in [6.45, 7) is 16.7. The molecule has 1 unspecified atom stereocenters. The van der Waals surface area contributed by atoms with Crippen LogP contribution in [0.15, 0.2) is 47.2 Å². The minimum atomic E-state index is -0.910. The van der Waals surface area contributed by atoms with Crippen molar-refractivity contribution in [3.8, 4) is 5.75 Å². The Bertz CT molecular complexity index is 629. The fraction of sp³-hybridized carbons (Fsp3) is 0.524. The van der Waals surface area contributed by atoms with E-state index in [2.05, 4.69) is 78.1 Å². The summed E-state index contributed by atoms with van der Waals surface area (Å²) < 4.78 is 5.65. The molecule has 1 atom stereocenters. The summed E-state index contributed by atoms with van der Waals surface area (Å²) in [6.07, 6.45) is 4.83. The van der Waals surface area contributed by atoms with E-state index >= 15 is 0 Å². The molecule has 0 aliphatic heterocycles. The highest BCUT2D eigenvalue weighted by molar-refractivity contribution is 6.64. The Morgan fingerprint density at radius 3 is 2.13 bits per heavy atom. The largest absolute Gasteiger partial charge is 0.496 e. The molecule has 0 bridgehead atoms. The molecule has 23 heavy (non-hydrogen) atoms. The zero-order valence-corrected chi connectivity index (χ0v) is 17.2. The molecule has 2 heteroatoms. The van der Waals surface area contributed by atoms with Gasteiger partial charge in [-0.05, 0) is 23.0 Å². The van der Waals surface area contributed by atoms with E-state index in [1.165, 1.54) is 11.1 Å². The molecule has 0 N–H and O–H groups in total. The predicted molar refractivity (Wildman–Crippen MR) is 104 cm³/mol. The van der Waals surface area contributed by atoms with Gasteiger partial charge in [-0.3, -0.25) is 0 Å². The second-order valence-electron chi connectivity index (χ2n) is 8.55. The van der Waals surface area contributed by atoms with Crippen molar-refractivity contribution < 1.29 is 4.74 Å². The standard InChI is InChI=1S/C21H32OSi/c1-20(2,3)16-13-14-17(19(16)23(7)8)21(4,5)15-11-9-10-12-18(15)22-6/h9-14,16,23H,1-8H3. The fourth-order valence-corrected chi connectivity index (χ4v) is 6.27. The van der Waals surface area contributed by atoms with E-state index in [0.717, 1.165) is 5.75 Å². The fourth-order valence-electron chi connectivity index (χ4n) is 3.86. The van der Waals surface area contributed by atoms with Gasteiger partial charge in [0.25, 0.3) is 0 Å². The molecule has 126 valence electrons. The summed E-state index contributed by atoms with van der Waals surface area (Å²) in [6, 6.07) is 8.45. The van der Waals surface area contributed by atoms with Gasteiger partial charge in [-0.15, -0.1) is 0 Å². The van der Waals surface area contributed by atoms with Crippen molar-refractivity contribution in [3.05, 3.63) is 52.8 Å². The highest BCUT2D eigenvalue weighted by atomic mass is 28.3. The molecule has 0 fully saturated rings. The monoisotopic (exact) mass is 328 g/mol. The number of hydrogen-bond acceptors (Lipinski definition) is 1. The summed E-state index contributed by atoms with van der Waals surface area (Å²) in [7, 11) is 0.858. The molecule has 1 aliphatic rings. The molecular formula is C21H32OSi. The SMILES string of the molecule is COc1ccccc1C(C)(C)C1=C([SiH](C)C)C(C(C)(C)C)C=C1. The van der Waals surface area contributed by atoms with E-state index in [9.17, 15) is 0 Å². The van der Waals surface area contributed by atoms with Crippen molar-refractivity contribution >= 4 is 8.80 Å². The van der Waals surface area contributed by atoms with E-state index in [0.29, 0.717) is 5.92 Å². The van der Waals surface area contributed by atoms with Crippen LogP contribution in [0.1, 0.15) is 40.2 Å². The van der Waals surface area contributed by atoms with E-state index < -0.39 is 8.80 Å². The third-order valence-corrected chi connectivity index (χ3v) is 7.02. The zero-order valence-electron chi connectivity index (χ0n) is 16.0. The highest BCUT2D eigenvalue weighted by Gasteiger charge is 2.38. The van der Waals surface area contributed by atoms with Gasteiger partial charge >= 0.3 is 0 Å². The second-order valence-corrected chi connectivity index (χ2v) is 11.5. The maximum Gasteiger partial charge on any atom is 0.122 e. The minimum absolute atomic E-state index is 0.0320. The van der Waals surface area contributed by atoms with Gasteiger partial charge in [0.15, 0.2) is 0 Å². The third-order valence-electron chi connectivity index (χ3n) is 5.11. The van der Waals surface area contributed by atoms with Crippen molar-refractivity contribution in [2.24, 2.45) is 11.3 Å². The number of methoxy groups -OCH3 is 1. The van der Waals surface area contributed by atoms with Crippen LogP contribution < -0.4 is 4.74 Å². The smallest absolute Gasteiger partial charge is 0.122 e. The molecule has 2 rings (SSSR count). The van der Waals surface area contributed by atoms with Crippen LogP contribution in [0.3, 0.4) is 0 Å². The maximum atomic E-state index is 5.65. The molecule has 1 nitrogen and oxygen atoms in total. The molecule has 0 heterocycles. The first kappa shape index (κ1) is 18.1. The lowest BCUT2D eigenvalue weighted by molar-refractivity contribution is 0.339. The summed E-state index contributed by atoms with van der Waals surface area (Å²) in [5.41, 5.74) is 3.05. The Kier molecular flexibility index (Phi) is 4.96. The van der Waals surface area contributed by atoms with E-state index in [-0.39, 0.29) is 10.8 Å². The molecule has 0 aromatic heterocycles. The molecule has 0 amide bonds. The van der Waals surface area contributed by atoms with E-state index in [1.54, 1.807) is 12.3 Å². The van der Waals surface area contributed by atoms with Crippen LogP contribution in [0, 0.1) is 11.3 Å². The molecular weight excluding hydrogens is 296 g/mol. The average molecular weight is 329 g/mol. The van der Waals surface area contributed by atoms with Crippen LogP contribution >= 0.6 is 0 Å². The number of ether oxygens (including phenoxy) is 1. The van der Waals surface area contributed by atoms with Crippen LogP contribution in [-0.4, -0.2) is 15.9 Å². The number of para-hydroxylation sites is 1. The Morgan fingerprint density at radius 1 is 1.00 bits per heavy atom. The van der Waals surface area contributed by atoms with Gasteiger partial charge < -0.3 is 4.74 Å². The van der Waals surface area contributed by atoms with Gasteiger partial charge in [0.1, 0.15) is 5.75 Å². The number of benzene rings is 1. The molecule has 1 aliphatic carbocycles. The van der Waals surface area contributed by atoms with Crippen molar-refractivity contribution in [2.75, 3.05) is 7.11 Å². The molecule has 0 radical (unpaired) electrons. The summed E-state index contributed by atoms with van der Waals surface area (Å²) in [5.74, 6) is 1.56. The number of allylic oxidation sites excluding steroid dienone is 4. The zero-order chi connectivity index (χ0) is 17.4. The van der Waals surface area contributed by atoms with Crippen LogP contribution in [0.25, 0.3) is 0 Å². The van der Waals surface area contributed by atoms with Gasteiger partial charge in [0.05, 0.1) is 15.9 Å². The summed E-state index contributed by atoms with van der Waals surface area (Å²) >= 11 is 0.